The van der Waals surface area contributed by atoms with Crippen molar-refractivity contribution in [2.75, 3.05) is 0 Å². The molecule has 0 atom stereocenters. The zero-order valence-electron chi connectivity index (χ0n) is 7.33. The highest BCUT2D eigenvalue weighted by atomic mass is 15.2. The predicted octanol–water partition coefficient (Wildman–Crippen LogP) is 0.700. The Morgan fingerprint density at radius 2 is 2.27 bits per heavy atom. The molecule has 0 fully saturated rings. The molecule has 0 amide bonds. The Morgan fingerprint density at radius 1 is 1.64 bits per heavy atom. The number of nitrogens with two attached hydrogens (primary N) is 1. The van der Waals surface area contributed by atoms with Crippen LogP contribution >= 0.6 is 0 Å². The van der Waals surface area contributed by atoms with Crippen molar-refractivity contribution in [1.29, 1.82) is 0 Å². The average molecular weight is 153 g/mol. The molecule has 0 bridgehead atoms. The van der Waals surface area contributed by atoms with Gasteiger partial charge >= 0.3 is 0 Å². The molecule has 1 aromatic rings. The van der Waals surface area contributed by atoms with E-state index in [-0.39, 0.29) is 5.54 Å². The highest BCUT2D eigenvalue weighted by Crippen LogP contribution is 2.06. The lowest BCUT2D eigenvalue weighted by Gasteiger charge is -2.15. The largest absolute Gasteiger partial charge is 0.325 e. The predicted molar refractivity (Wildman–Crippen MR) is 45.2 cm³/mol. The molecule has 1 aromatic heterocycles. The van der Waals surface area contributed by atoms with Gasteiger partial charge in [-0.05, 0) is 19.9 Å². The molecule has 0 spiro atoms. The summed E-state index contributed by atoms with van der Waals surface area (Å²) in [5.41, 5.74) is 6.72. The Morgan fingerprint density at radius 3 is 2.64 bits per heavy atom. The van der Waals surface area contributed by atoms with Crippen molar-refractivity contribution in [2.24, 2.45) is 12.8 Å². The van der Waals surface area contributed by atoms with Crippen LogP contribution < -0.4 is 5.73 Å². The maximum absolute atomic E-state index is 5.83. The monoisotopic (exact) mass is 153 g/mol. The van der Waals surface area contributed by atoms with Gasteiger partial charge in [0, 0.05) is 25.2 Å². The molecular formula is C8H15N3. The second-order valence-electron chi connectivity index (χ2n) is 3.65. The number of nitrogens with zero attached hydrogens (tertiary/aromatic N) is 2. The SMILES string of the molecule is Cn1ccc(CC(C)(C)N)n1. The van der Waals surface area contributed by atoms with Crippen LogP contribution in [0.3, 0.4) is 0 Å². The Labute approximate surface area is 67.2 Å². The first-order chi connectivity index (χ1) is 4.97. The van der Waals surface area contributed by atoms with Crippen LogP contribution in [0, 0.1) is 0 Å². The summed E-state index contributed by atoms with van der Waals surface area (Å²) in [7, 11) is 1.91. The summed E-state index contributed by atoms with van der Waals surface area (Å²) in [6, 6.07) is 1.99. The quantitative estimate of drug-likeness (QED) is 0.679. The number of hydrogen-bond donors (Lipinski definition) is 1. The third-order valence-electron chi connectivity index (χ3n) is 1.41. The topological polar surface area (TPSA) is 43.8 Å². The van der Waals surface area contributed by atoms with E-state index >= 15 is 0 Å². The van der Waals surface area contributed by atoms with Crippen molar-refractivity contribution in [3.05, 3.63) is 18.0 Å². The standard InChI is InChI=1S/C8H15N3/c1-8(2,9)6-7-4-5-11(3)10-7/h4-5H,6,9H2,1-3H3. The Bertz CT molecular complexity index is 232. The molecule has 11 heavy (non-hydrogen) atoms. The fourth-order valence-corrected chi connectivity index (χ4v) is 1.02. The van der Waals surface area contributed by atoms with Gasteiger partial charge in [0.15, 0.2) is 0 Å². The Balaban J connectivity index is 2.65. The first kappa shape index (κ1) is 8.27. The minimum Gasteiger partial charge on any atom is -0.325 e. The first-order valence-electron chi connectivity index (χ1n) is 3.75. The van der Waals surface area contributed by atoms with Gasteiger partial charge in [-0.2, -0.15) is 5.10 Å². The minimum atomic E-state index is -0.158. The maximum atomic E-state index is 5.83. The number of hydrogen-bond acceptors (Lipinski definition) is 2. The molecule has 0 aromatic carbocycles. The molecule has 3 nitrogen and oxygen atoms in total. The van der Waals surface area contributed by atoms with E-state index in [1.54, 1.807) is 4.68 Å². The number of rotatable bonds is 2. The van der Waals surface area contributed by atoms with E-state index in [2.05, 4.69) is 5.10 Å². The van der Waals surface area contributed by atoms with Crippen molar-refractivity contribution >= 4 is 0 Å². The molecule has 0 aliphatic heterocycles. The summed E-state index contributed by atoms with van der Waals surface area (Å²) in [6.45, 7) is 4.00. The van der Waals surface area contributed by atoms with Crippen molar-refractivity contribution in [3.63, 3.8) is 0 Å². The van der Waals surface area contributed by atoms with Crippen molar-refractivity contribution in [2.45, 2.75) is 25.8 Å². The Kier molecular flexibility index (Phi) is 2.00. The zero-order valence-corrected chi connectivity index (χ0v) is 7.33. The molecule has 0 saturated heterocycles. The molecule has 62 valence electrons. The third kappa shape index (κ3) is 2.72. The lowest BCUT2D eigenvalue weighted by atomic mass is 10.0. The van der Waals surface area contributed by atoms with E-state index in [0.29, 0.717) is 0 Å². The molecular weight excluding hydrogens is 138 g/mol. The average Bonchev–Trinajstić information content (AvgIpc) is 2.10. The van der Waals surface area contributed by atoms with Gasteiger partial charge in [0.05, 0.1) is 5.69 Å². The van der Waals surface area contributed by atoms with E-state index in [1.807, 2.05) is 33.2 Å². The maximum Gasteiger partial charge on any atom is 0.0642 e. The van der Waals surface area contributed by atoms with E-state index in [0.717, 1.165) is 12.1 Å². The summed E-state index contributed by atoms with van der Waals surface area (Å²) >= 11 is 0. The van der Waals surface area contributed by atoms with Gasteiger partial charge in [-0.15, -0.1) is 0 Å². The molecule has 0 unspecified atom stereocenters. The third-order valence-corrected chi connectivity index (χ3v) is 1.41. The van der Waals surface area contributed by atoms with Crippen LogP contribution in [-0.4, -0.2) is 15.3 Å². The summed E-state index contributed by atoms with van der Waals surface area (Å²) in [4.78, 5) is 0. The Hall–Kier alpha value is -0.830. The van der Waals surface area contributed by atoms with Crippen LogP contribution in [0.4, 0.5) is 0 Å². The minimum absolute atomic E-state index is 0.158. The second kappa shape index (κ2) is 2.66. The first-order valence-corrected chi connectivity index (χ1v) is 3.75. The summed E-state index contributed by atoms with van der Waals surface area (Å²) in [6.07, 6.45) is 2.76. The second-order valence-corrected chi connectivity index (χ2v) is 3.65. The molecule has 3 heteroatoms. The van der Waals surface area contributed by atoms with E-state index in [9.17, 15) is 0 Å². The fourth-order valence-electron chi connectivity index (χ4n) is 1.02. The van der Waals surface area contributed by atoms with Crippen LogP contribution in [0.1, 0.15) is 19.5 Å². The molecule has 0 aliphatic rings. The van der Waals surface area contributed by atoms with Crippen LogP contribution in [0.15, 0.2) is 12.3 Å². The van der Waals surface area contributed by atoms with E-state index in [1.165, 1.54) is 0 Å². The van der Waals surface area contributed by atoms with Gasteiger partial charge in [-0.25, -0.2) is 0 Å². The van der Waals surface area contributed by atoms with E-state index in [4.69, 9.17) is 5.73 Å². The fraction of sp³-hybridized carbons (Fsp3) is 0.625. The normalized spacial score (nSPS) is 12.0. The molecule has 1 heterocycles. The zero-order chi connectivity index (χ0) is 8.48. The molecule has 1 rings (SSSR count). The van der Waals surface area contributed by atoms with Crippen molar-refractivity contribution in [1.82, 2.24) is 9.78 Å². The van der Waals surface area contributed by atoms with Gasteiger partial charge in [0.2, 0.25) is 0 Å². The highest BCUT2D eigenvalue weighted by Gasteiger charge is 2.12. The summed E-state index contributed by atoms with van der Waals surface area (Å²) in [5.74, 6) is 0. The van der Waals surface area contributed by atoms with Gasteiger partial charge in [-0.3, -0.25) is 4.68 Å². The van der Waals surface area contributed by atoms with Gasteiger partial charge in [-0.1, -0.05) is 0 Å². The van der Waals surface area contributed by atoms with E-state index < -0.39 is 0 Å². The van der Waals surface area contributed by atoms with Crippen molar-refractivity contribution in [3.8, 4) is 0 Å². The smallest absolute Gasteiger partial charge is 0.0642 e. The molecule has 0 aliphatic carbocycles. The van der Waals surface area contributed by atoms with Gasteiger partial charge < -0.3 is 5.73 Å². The molecule has 0 radical (unpaired) electrons. The van der Waals surface area contributed by atoms with Crippen molar-refractivity contribution < 1.29 is 0 Å². The van der Waals surface area contributed by atoms with Crippen LogP contribution in [-0.2, 0) is 13.5 Å². The summed E-state index contributed by atoms with van der Waals surface area (Å²) in [5, 5.41) is 4.23. The highest BCUT2D eigenvalue weighted by molar-refractivity contribution is 5.03. The van der Waals surface area contributed by atoms with Crippen LogP contribution in [0.2, 0.25) is 0 Å². The lowest BCUT2D eigenvalue weighted by molar-refractivity contribution is 0.506. The van der Waals surface area contributed by atoms with Gasteiger partial charge in [0.25, 0.3) is 0 Å². The van der Waals surface area contributed by atoms with Crippen LogP contribution in [0.5, 0.6) is 0 Å². The van der Waals surface area contributed by atoms with Gasteiger partial charge in [0.1, 0.15) is 0 Å². The van der Waals surface area contributed by atoms with Crippen LogP contribution in [0.25, 0.3) is 0 Å². The molecule has 0 saturated carbocycles. The number of aryl methyl sites for hydroxylation is 1. The lowest BCUT2D eigenvalue weighted by Crippen LogP contribution is -2.34. The number of aromatic nitrogens is 2. The summed E-state index contributed by atoms with van der Waals surface area (Å²) < 4.78 is 1.79. The molecule has 2 N–H and O–H groups in total.